The lowest BCUT2D eigenvalue weighted by molar-refractivity contribution is 0.279. The number of rotatable bonds is 4. The molecule has 0 radical (unpaired) electrons. The number of para-hydroxylation sites is 1. The van der Waals surface area contributed by atoms with E-state index in [2.05, 4.69) is 10.3 Å². The van der Waals surface area contributed by atoms with Crippen molar-refractivity contribution in [1.82, 2.24) is 4.98 Å². The molecule has 1 aromatic carbocycles. The minimum Gasteiger partial charge on any atom is -0.506 e. The second-order valence-corrected chi connectivity index (χ2v) is 4.64. The normalized spacial score (nSPS) is 10.6. The first-order valence-electron chi connectivity index (χ1n) is 6.30. The van der Waals surface area contributed by atoms with Gasteiger partial charge >= 0.3 is 0 Å². The molecule has 0 aliphatic rings. The number of halogens is 1. The number of aromatic hydroxyl groups is 1. The minimum atomic E-state index is -0.346. The smallest absolute Gasteiger partial charge is 0.146 e. The van der Waals surface area contributed by atoms with Gasteiger partial charge in [0.05, 0.1) is 18.0 Å². The third-order valence-electron chi connectivity index (χ3n) is 3.26. The van der Waals surface area contributed by atoms with Crippen molar-refractivity contribution in [3.8, 4) is 5.75 Å². The summed E-state index contributed by atoms with van der Waals surface area (Å²) in [6, 6.07) is 4.82. The van der Waals surface area contributed by atoms with Gasteiger partial charge in [-0.1, -0.05) is 12.1 Å². The molecule has 0 saturated heterocycles. The summed E-state index contributed by atoms with van der Waals surface area (Å²) in [7, 11) is 0. The third kappa shape index (κ3) is 2.72. The Bertz CT molecular complexity index is 609. The quantitative estimate of drug-likeness (QED) is 0.803. The van der Waals surface area contributed by atoms with Gasteiger partial charge in [0.25, 0.3) is 0 Å². The predicted molar refractivity (Wildman–Crippen MR) is 75.0 cm³/mol. The number of aromatic nitrogens is 1. The van der Waals surface area contributed by atoms with Crippen LogP contribution in [0, 0.1) is 19.7 Å². The van der Waals surface area contributed by atoms with Gasteiger partial charge in [0.2, 0.25) is 0 Å². The highest BCUT2D eigenvalue weighted by Gasteiger charge is 2.12. The van der Waals surface area contributed by atoms with E-state index in [1.807, 2.05) is 0 Å². The Kier molecular flexibility index (Phi) is 4.20. The average molecular weight is 276 g/mol. The highest BCUT2D eigenvalue weighted by Crippen LogP contribution is 2.26. The molecule has 2 rings (SSSR count). The van der Waals surface area contributed by atoms with E-state index in [1.54, 1.807) is 26.0 Å². The molecule has 0 bridgehead atoms. The van der Waals surface area contributed by atoms with Crippen LogP contribution < -0.4 is 5.32 Å². The molecule has 1 aromatic heterocycles. The lowest BCUT2D eigenvalue weighted by Crippen LogP contribution is -2.07. The zero-order valence-corrected chi connectivity index (χ0v) is 11.4. The lowest BCUT2D eigenvalue weighted by atomic mass is 10.1. The number of aryl methyl sites for hydroxylation is 2. The van der Waals surface area contributed by atoms with Crippen LogP contribution in [0.15, 0.2) is 24.4 Å². The highest BCUT2D eigenvalue weighted by molar-refractivity contribution is 5.53. The number of aliphatic hydroxyl groups excluding tert-OH is 1. The van der Waals surface area contributed by atoms with Gasteiger partial charge in [0.1, 0.15) is 11.6 Å². The highest BCUT2D eigenvalue weighted by atomic mass is 19.1. The molecule has 0 aliphatic heterocycles. The first-order chi connectivity index (χ1) is 9.54. The summed E-state index contributed by atoms with van der Waals surface area (Å²) in [6.07, 6.45) is 1.51. The number of hydrogen-bond donors (Lipinski definition) is 3. The summed E-state index contributed by atoms with van der Waals surface area (Å²) in [6.45, 7) is 3.46. The zero-order valence-electron chi connectivity index (χ0n) is 11.4. The summed E-state index contributed by atoms with van der Waals surface area (Å²) in [5.74, 6) is -0.321. The molecular formula is C15H17FN2O2. The second kappa shape index (κ2) is 5.88. The number of nitrogens with zero attached hydrogens (tertiary/aromatic N) is 1. The van der Waals surface area contributed by atoms with Crippen molar-refractivity contribution in [3.05, 3.63) is 52.6 Å². The molecule has 0 amide bonds. The van der Waals surface area contributed by atoms with Gasteiger partial charge in [-0.2, -0.15) is 0 Å². The van der Waals surface area contributed by atoms with E-state index in [0.717, 1.165) is 5.56 Å². The van der Waals surface area contributed by atoms with Crippen molar-refractivity contribution in [2.75, 3.05) is 5.32 Å². The molecule has 20 heavy (non-hydrogen) atoms. The van der Waals surface area contributed by atoms with E-state index in [9.17, 15) is 14.6 Å². The molecule has 0 atom stereocenters. The van der Waals surface area contributed by atoms with Crippen LogP contribution in [0.5, 0.6) is 5.75 Å². The molecular weight excluding hydrogens is 259 g/mol. The monoisotopic (exact) mass is 276 g/mol. The first-order valence-corrected chi connectivity index (χ1v) is 6.30. The van der Waals surface area contributed by atoms with Crippen LogP contribution in [0.3, 0.4) is 0 Å². The predicted octanol–water partition coefficient (Wildman–Crippen LogP) is 2.65. The summed E-state index contributed by atoms with van der Waals surface area (Å²) in [4.78, 5) is 3.99. The molecule has 0 saturated carbocycles. The van der Waals surface area contributed by atoms with Gasteiger partial charge < -0.3 is 15.5 Å². The maximum absolute atomic E-state index is 13.7. The zero-order chi connectivity index (χ0) is 14.7. The largest absolute Gasteiger partial charge is 0.506 e. The molecule has 3 N–H and O–H groups in total. The van der Waals surface area contributed by atoms with Crippen molar-refractivity contribution in [2.24, 2.45) is 0 Å². The van der Waals surface area contributed by atoms with Crippen LogP contribution in [0.25, 0.3) is 0 Å². The average Bonchev–Trinajstić information content (AvgIpc) is 2.42. The number of benzene rings is 1. The maximum Gasteiger partial charge on any atom is 0.146 e. The molecule has 106 valence electrons. The van der Waals surface area contributed by atoms with E-state index in [4.69, 9.17) is 0 Å². The van der Waals surface area contributed by atoms with Crippen LogP contribution >= 0.6 is 0 Å². The van der Waals surface area contributed by atoms with E-state index >= 15 is 0 Å². The van der Waals surface area contributed by atoms with Crippen LogP contribution in [-0.2, 0) is 13.2 Å². The fourth-order valence-electron chi connectivity index (χ4n) is 2.05. The standard InChI is InChI=1S/C15H17FN2O2/c1-9-4-3-5-13(16)14(9)18-7-12-11(8-19)6-17-10(2)15(12)20/h3-6,18-20H,7-8H2,1-2H3. The van der Waals surface area contributed by atoms with E-state index < -0.39 is 0 Å². The van der Waals surface area contributed by atoms with E-state index in [1.165, 1.54) is 12.3 Å². The van der Waals surface area contributed by atoms with Gasteiger partial charge in [-0.15, -0.1) is 0 Å². The summed E-state index contributed by atoms with van der Waals surface area (Å²) in [5, 5.41) is 22.3. The Morgan fingerprint density at radius 3 is 2.70 bits per heavy atom. The molecule has 0 spiro atoms. The van der Waals surface area contributed by atoms with Crippen molar-refractivity contribution in [2.45, 2.75) is 27.0 Å². The van der Waals surface area contributed by atoms with Crippen molar-refractivity contribution in [3.63, 3.8) is 0 Å². The molecule has 0 fully saturated rings. The van der Waals surface area contributed by atoms with Crippen molar-refractivity contribution >= 4 is 5.69 Å². The Labute approximate surface area is 116 Å². The Balaban J connectivity index is 2.29. The van der Waals surface area contributed by atoms with Gasteiger partial charge in [-0.3, -0.25) is 4.98 Å². The van der Waals surface area contributed by atoms with Crippen LogP contribution in [0.2, 0.25) is 0 Å². The van der Waals surface area contributed by atoms with Gasteiger partial charge in [-0.05, 0) is 25.5 Å². The molecule has 1 heterocycles. The Morgan fingerprint density at radius 2 is 2.05 bits per heavy atom. The fourth-order valence-corrected chi connectivity index (χ4v) is 2.05. The van der Waals surface area contributed by atoms with Gasteiger partial charge in [0, 0.05) is 23.9 Å². The fraction of sp³-hybridized carbons (Fsp3) is 0.267. The SMILES string of the molecule is Cc1cccc(F)c1NCc1c(CO)cnc(C)c1O. The van der Waals surface area contributed by atoms with Crippen LogP contribution in [-0.4, -0.2) is 15.2 Å². The third-order valence-corrected chi connectivity index (χ3v) is 3.26. The Hall–Kier alpha value is -2.14. The first kappa shape index (κ1) is 14.3. The van der Waals surface area contributed by atoms with E-state index in [0.29, 0.717) is 22.5 Å². The summed E-state index contributed by atoms with van der Waals surface area (Å²) >= 11 is 0. The van der Waals surface area contributed by atoms with Crippen LogP contribution in [0.4, 0.5) is 10.1 Å². The van der Waals surface area contributed by atoms with Crippen molar-refractivity contribution < 1.29 is 14.6 Å². The maximum atomic E-state index is 13.7. The molecule has 4 nitrogen and oxygen atoms in total. The topological polar surface area (TPSA) is 65.4 Å². The minimum absolute atomic E-state index is 0.0260. The van der Waals surface area contributed by atoms with Crippen molar-refractivity contribution in [1.29, 1.82) is 0 Å². The summed E-state index contributed by atoms with van der Waals surface area (Å²) in [5.41, 5.74) is 2.70. The Morgan fingerprint density at radius 1 is 1.30 bits per heavy atom. The van der Waals surface area contributed by atoms with Crippen LogP contribution in [0.1, 0.15) is 22.4 Å². The van der Waals surface area contributed by atoms with E-state index in [-0.39, 0.29) is 24.7 Å². The molecule has 2 aromatic rings. The number of anilines is 1. The number of nitrogens with one attached hydrogen (secondary N) is 1. The molecule has 0 aliphatic carbocycles. The number of hydrogen-bond acceptors (Lipinski definition) is 4. The van der Waals surface area contributed by atoms with Gasteiger partial charge in [-0.25, -0.2) is 4.39 Å². The lowest BCUT2D eigenvalue weighted by Gasteiger charge is -2.14. The molecule has 5 heteroatoms. The van der Waals surface area contributed by atoms with Gasteiger partial charge in [0.15, 0.2) is 0 Å². The number of aliphatic hydroxyl groups is 1. The second-order valence-electron chi connectivity index (χ2n) is 4.64. The molecule has 0 unspecified atom stereocenters. The summed E-state index contributed by atoms with van der Waals surface area (Å²) < 4.78 is 13.7. The number of pyridine rings is 1.